The van der Waals surface area contributed by atoms with Crippen LogP contribution in [0.2, 0.25) is 0 Å². The molecule has 0 rings (SSSR count). The Balaban J connectivity index is 5.19. The minimum absolute atomic E-state index is 0.108. The van der Waals surface area contributed by atoms with E-state index in [0.29, 0.717) is 25.7 Å². The van der Waals surface area contributed by atoms with E-state index in [1.165, 1.54) is 263 Å². The summed E-state index contributed by atoms with van der Waals surface area (Å²) in [5.41, 5.74) is 0. The van der Waals surface area contributed by atoms with Gasteiger partial charge in [0.2, 0.25) is 0 Å². The highest BCUT2D eigenvalue weighted by atomic mass is 31.2. The fourth-order valence-corrected chi connectivity index (χ4v) is 14.8. The smallest absolute Gasteiger partial charge is 0.462 e. The van der Waals surface area contributed by atoms with Crippen LogP contribution in [0.4, 0.5) is 0 Å². The predicted octanol–water partition coefficient (Wildman–Crippen LogP) is 25.8. The van der Waals surface area contributed by atoms with Crippen LogP contribution in [0.5, 0.6) is 0 Å². The van der Waals surface area contributed by atoms with Gasteiger partial charge < -0.3 is 33.8 Å². The lowest BCUT2D eigenvalue weighted by Gasteiger charge is -2.21. The van der Waals surface area contributed by atoms with Gasteiger partial charge in [0.1, 0.15) is 19.3 Å². The summed E-state index contributed by atoms with van der Waals surface area (Å²) in [6.07, 6.45) is 68.1. The molecule has 104 heavy (non-hydrogen) atoms. The van der Waals surface area contributed by atoms with E-state index in [1.807, 2.05) is 0 Å². The van der Waals surface area contributed by atoms with E-state index in [1.54, 1.807) is 0 Å². The molecule has 0 aromatic carbocycles. The van der Waals surface area contributed by atoms with Gasteiger partial charge in [-0.1, -0.05) is 401 Å². The van der Waals surface area contributed by atoms with Crippen molar-refractivity contribution in [3.05, 3.63) is 0 Å². The maximum atomic E-state index is 13.1. The molecule has 0 bridgehead atoms. The van der Waals surface area contributed by atoms with Gasteiger partial charge in [-0.05, 0) is 37.5 Å². The Hall–Kier alpha value is -1.94. The van der Waals surface area contributed by atoms with Crippen LogP contribution in [0.3, 0.4) is 0 Å². The molecule has 0 radical (unpaired) electrons. The zero-order valence-electron chi connectivity index (χ0n) is 68.3. The van der Waals surface area contributed by atoms with Crippen LogP contribution in [-0.2, 0) is 65.4 Å². The molecule has 3 N–H and O–H groups in total. The number of hydrogen-bond acceptors (Lipinski definition) is 15. The van der Waals surface area contributed by atoms with Crippen molar-refractivity contribution in [3.63, 3.8) is 0 Å². The first kappa shape index (κ1) is 102. The fraction of sp³-hybridized carbons (Fsp3) is 0.953. The maximum Gasteiger partial charge on any atom is 0.472 e. The van der Waals surface area contributed by atoms with Crippen LogP contribution < -0.4 is 0 Å². The van der Waals surface area contributed by atoms with Gasteiger partial charge in [0.05, 0.1) is 26.4 Å². The molecule has 0 aliphatic heterocycles. The Morgan fingerprint density at radius 3 is 0.654 bits per heavy atom. The Morgan fingerprint density at radius 2 is 0.442 bits per heavy atom. The number of esters is 4. The number of ether oxygens (including phenoxy) is 4. The summed E-state index contributed by atoms with van der Waals surface area (Å²) in [5, 5.41) is 10.7. The normalized spacial score (nSPS) is 13.8. The molecule has 0 aliphatic carbocycles. The number of hydrogen-bond donors (Lipinski definition) is 3. The first-order chi connectivity index (χ1) is 50.4. The minimum atomic E-state index is -4.96. The van der Waals surface area contributed by atoms with E-state index in [0.717, 1.165) is 108 Å². The highest BCUT2D eigenvalue weighted by Crippen LogP contribution is 2.45. The summed E-state index contributed by atoms with van der Waals surface area (Å²) in [7, 11) is -9.92. The highest BCUT2D eigenvalue weighted by molar-refractivity contribution is 7.47. The topological polar surface area (TPSA) is 237 Å². The molecule has 17 nitrogen and oxygen atoms in total. The average molecular weight is 1520 g/mol. The van der Waals surface area contributed by atoms with Gasteiger partial charge >= 0.3 is 39.5 Å². The third kappa shape index (κ3) is 78.2. The number of carbonyl (C=O) groups is 4. The van der Waals surface area contributed by atoms with E-state index < -0.39 is 97.5 Å². The second kappa shape index (κ2) is 76.4. The third-order valence-corrected chi connectivity index (χ3v) is 21.9. The molecule has 2 unspecified atom stereocenters. The summed E-state index contributed by atoms with van der Waals surface area (Å²) in [5.74, 6) is -0.496. The van der Waals surface area contributed by atoms with Crippen LogP contribution in [0.15, 0.2) is 0 Å². The number of carbonyl (C=O) groups excluding carboxylic acids is 4. The molecule has 0 aliphatic rings. The molecule has 0 saturated heterocycles. The van der Waals surface area contributed by atoms with Crippen LogP contribution in [0.1, 0.15) is 452 Å². The van der Waals surface area contributed by atoms with Crippen molar-refractivity contribution >= 4 is 39.5 Å². The monoisotopic (exact) mass is 1520 g/mol. The standard InChI is InChI=1S/C85H166O17P2/c1-7-9-11-13-15-17-18-19-20-21-22-23-24-29-35-40-45-51-57-63-70-85(90)102-81(74-96-83(88)68-62-56-50-44-39-34-30-25-27-32-37-42-47-53-59-65-77(3)4)76-100-104(93,94)98-72-79(86)71-97-103(91,92)99-75-80(73-95-82(87)67-61-55-49-16-14-12-10-8-2)101-84(89)69-64-58-52-46-41-36-31-26-28-33-38-43-48-54-60-66-78(5)6/h77-81,86H,7-76H2,1-6H3,(H,91,92)(H,93,94)/t79-,80+,81+/m0/s1. The Bertz CT molecular complexity index is 1990. The zero-order chi connectivity index (χ0) is 76.4. The lowest BCUT2D eigenvalue weighted by Crippen LogP contribution is -2.30. The molecule has 5 atom stereocenters. The van der Waals surface area contributed by atoms with Gasteiger partial charge in [0.15, 0.2) is 12.2 Å². The van der Waals surface area contributed by atoms with Gasteiger partial charge in [0.25, 0.3) is 0 Å². The summed E-state index contributed by atoms with van der Waals surface area (Å²) in [6, 6.07) is 0. The van der Waals surface area contributed by atoms with Crippen LogP contribution in [0.25, 0.3) is 0 Å². The largest absolute Gasteiger partial charge is 0.472 e. The predicted molar refractivity (Wildman–Crippen MR) is 428 cm³/mol. The van der Waals surface area contributed by atoms with Gasteiger partial charge in [0, 0.05) is 25.7 Å². The SMILES string of the molecule is CCCCCCCCCCCCCCCCCCCCCCC(=O)O[C@H](COC(=O)CCCCCCCCCCCCCCCCCC(C)C)COP(=O)(O)OC[C@@H](O)COP(=O)(O)OC[C@@H](COC(=O)CCCCCCCCCC)OC(=O)CCCCCCCCCCCCCCCCCC(C)C. The van der Waals surface area contributed by atoms with Crippen LogP contribution >= 0.6 is 15.6 Å². The van der Waals surface area contributed by atoms with E-state index in [2.05, 4.69) is 41.5 Å². The summed E-state index contributed by atoms with van der Waals surface area (Å²) in [4.78, 5) is 73.1. The molecule has 618 valence electrons. The number of phosphoric ester groups is 2. The lowest BCUT2D eigenvalue weighted by atomic mass is 10.0. The second-order valence-corrected chi connectivity index (χ2v) is 34.4. The summed E-state index contributed by atoms with van der Waals surface area (Å²) >= 11 is 0. The molecule has 0 spiro atoms. The third-order valence-electron chi connectivity index (χ3n) is 20.0. The van der Waals surface area contributed by atoms with Gasteiger partial charge in [-0.25, -0.2) is 9.13 Å². The summed E-state index contributed by atoms with van der Waals surface area (Å²) < 4.78 is 68.8. The molecular formula is C85H166O17P2. The van der Waals surface area contributed by atoms with Crippen molar-refractivity contribution in [2.75, 3.05) is 39.6 Å². The van der Waals surface area contributed by atoms with Crippen molar-refractivity contribution in [1.29, 1.82) is 0 Å². The number of phosphoric acid groups is 2. The minimum Gasteiger partial charge on any atom is -0.462 e. The molecular weight excluding hydrogens is 1350 g/mol. The first-order valence-corrected chi connectivity index (χ1v) is 47.0. The number of aliphatic hydroxyl groups excluding tert-OH is 1. The number of rotatable bonds is 84. The first-order valence-electron chi connectivity index (χ1n) is 44.0. The molecule has 0 aromatic heterocycles. The van der Waals surface area contributed by atoms with E-state index in [4.69, 9.17) is 37.0 Å². The molecule has 19 heteroatoms. The second-order valence-electron chi connectivity index (χ2n) is 31.5. The quantitative estimate of drug-likeness (QED) is 0.0222. The van der Waals surface area contributed by atoms with Crippen molar-refractivity contribution in [3.8, 4) is 0 Å². The van der Waals surface area contributed by atoms with Gasteiger partial charge in [-0.2, -0.15) is 0 Å². The number of aliphatic hydroxyl groups is 1. The average Bonchev–Trinajstić information content (AvgIpc) is 0.920. The van der Waals surface area contributed by atoms with Crippen molar-refractivity contribution < 1.29 is 80.2 Å². The molecule has 0 aromatic rings. The van der Waals surface area contributed by atoms with Crippen molar-refractivity contribution in [2.24, 2.45) is 11.8 Å². The van der Waals surface area contributed by atoms with Crippen molar-refractivity contribution in [2.45, 2.75) is 471 Å². The van der Waals surface area contributed by atoms with Crippen molar-refractivity contribution in [1.82, 2.24) is 0 Å². The molecule has 0 fully saturated rings. The molecule has 0 heterocycles. The molecule has 0 amide bonds. The Labute approximate surface area is 638 Å². The van der Waals surface area contributed by atoms with Gasteiger partial charge in [-0.3, -0.25) is 37.3 Å². The summed E-state index contributed by atoms with van der Waals surface area (Å²) in [6.45, 7) is 9.69. The fourth-order valence-electron chi connectivity index (χ4n) is 13.2. The molecule has 0 saturated carbocycles. The Kier molecular flexibility index (Phi) is 75.0. The maximum absolute atomic E-state index is 13.1. The van der Waals surface area contributed by atoms with E-state index in [9.17, 15) is 43.2 Å². The van der Waals surface area contributed by atoms with E-state index in [-0.39, 0.29) is 25.7 Å². The van der Waals surface area contributed by atoms with E-state index >= 15 is 0 Å². The number of unbranched alkanes of at least 4 members (excludes halogenated alkanes) is 54. The zero-order valence-corrected chi connectivity index (χ0v) is 70.1. The Morgan fingerprint density at radius 1 is 0.260 bits per heavy atom. The van der Waals surface area contributed by atoms with Crippen LogP contribution in [-0.4, -0.2) is 96.7 Å². The van der Waals surface area contributed by atoms with Gasteiger partial charge in [-0.15, -0.1) is 0 Å². The van der Waals surface area contributed by atoms with Crippen LogP contribution in [0, 0.1) is 11.8 Å². The lowest BCUT2D eigenvalue weighted by molar-refractivity contribution is -0.161. The highest BCUT2D eigenvalue weighted by Gasteiger charge is 2.30.